The molecule has 0 N–H and O–H groups in total. The molecule has 0 amide bonds. The molecule has 0 unspecified atom stereocenters. The monoisotopic (exact) mass is 336 g/mol. The molecule has 0 aliphatic heterocycles. The first-order chi connectivity index (χ1) is 12.2. The summed E-state index contributed by atoms with van der Waals surface area (Å²) in [6, 6.07) is 4.98. The van der Waals surface area contributed by atoms with Crippen LogP contribution in [0.2, 0.25) is 0 Å². The highest BCUT2D eigenvalue weighted by Crippen LogP contribution is 2.21. The average molecular weight is 336 g/mol. The van der Waals surface area contributed by atoms with Crippen molar-refractivity contribution in [1.82, 2.24) is 29.1 Å². The number of pyridine rings is 2. The Morgan fingerprint density at radius 3 is 2.84 bits per heavy atom. The number of imidazole rings is 2. The van der Waals surface area contributed by atoms with Crippen molar-refractivity contribution < 1.29 is 4.39 Å². The van der Waals surface area contributed by atoms with Gasteiger partial charge in [-0.15, -0.1) is 0 Å². The van der Waals surface area contributed by atoms with Gasteiger partial charge in [-0.25, -0.2) is 19.3 Å². The van der Waals surface area contributed by atoms with E-state index in [1.807, 2.05) is 23.8 Å². The molecule has 126 valence electrons. The smallest absolute Gasteiger partial charge is 0.162 e. The Labute approximate surface area is 144 Å². The van der Waals surface area contributed by atoms with E-state index in [0.29, 0.717) is 12.4 Å². The van der Waals surface area contributed by atoms with Gasteiger partial charge in [-0.2, -0.15) is 0 Å². The molecule has 0 saturated heterocycles. The lowest BCUT2D eigenvalue weighted by molar-refractivity contribution is 0.618. The number of rotatable bonds is 4. The lowest BCUT2D eigenvalue weighted by Crippen LogP contribution is -2.09. The number of aryl methyl sites for hydroxylation is 2. The van der Waals surface area contributed by atoms with Crippen molar-refractivity contribution in [3.63, 3.8) is 0 Å². The molecule has 0 aliphatic rings. The van der Waals surface area contributed by atoms with E-state index < -0.39 is 5.82 Å². The van der Waals surface area contributed by atoms with E-state index in [4.69, 9.17) is 4.98 Å². The Balaban J connectivity index is 1.79. The maximum atomic E-state index is 14.1. The van der Waals surface area contributed by atoms with E-state index in [-0.39, 0.29) is 5.69 Å². The highest BCUT2D eigenvalue weighted by atomic mass is 19.1. The van der Waals surface area contributed by atoms with E-state index in [1.165, 1.54) is 6.07 Å². The topological polar surface area (TPSA) is 61.4 Å². The third-order valence-electron chi connectivity index (χ3n) is 4.16. The number of fused-ring (bicyclic) bond motifs is 1. The predicted molar refractivity (Wildman–Crippen MR) is 92.5 cm³/mol. The molecule has 0 spiro atoms. The van der Waals surface area contributed by atoms with E-state index in [1.54, 1.807) is 24.7 Å². The van der Waals surface area contributed by atoms with Crippen LogP contribution in [-0.4, -0.2) is 29.1 Å². The fraction of sp³-hybridized carbons (Fsp3) is 0.222. The lowest BCUT2D eigenvalue weighted by atomic mass is 10.3. The van der Waals surface area contributed by atoms with Gasteiger partial charge < -0.3 is 9.13 Å². The molecule has 7 heteroatoms. The first-order valence-electron chi connectivity index (χ1n) is 8.11. The molecular formula is C18H17FN6. The van der Waals surface area contributed by atoms with E-state index in [9.17, 15) is 4.39 Å². The third-order valence-corrected chi connectivity index (χ3v) is 4.16. The van der Waals surface area contributed by atoms with Crippen molar-refractivity contribution >= 4 is 11.0 Å². The maximum Gasteiger partial charge on any atom is 0.162 e. The number of halogens is 1. The van der Waals surface area contributed by atoms with E-state index in [2.05, 4.69) is 26.4 Å². The molecule has 0 aliphatic carbocycles. The minimum absolute atomic E-state index is 0.240. The van der Waals surface area contributed by atoms with Gasteiger partial charge in [-0.3, -0.25) is 4.98 Å². The summed E-state index contributed by atoms with van der Waals surface area (Å²) in [7, 11) is 0. The summed E-state index contributed by atoms with van der Waals surface area (Å²) in [5.41, 5.74) is 3.10. The van der Waals surface area contributed by atoms with Gasteiger partial charge in [-0.05, 0) is 32.0 Å². The molecule has 4 heterocycles. The van der Waals surface area contributed by atoms with Crippen LogP contribution in [0, 0.1) is 12.7 Å². The first-order valence-corrected chi connectivity index (χ1v) is 8.11. The second-order valence-electron chi connectivity index (χ2n) is 5.80. The van der Waals surface area contributed by atoms with Gasteiger partial charge in [0.2, 0.25) is 0 Å². The van der Waals surface area contributed by atoms with Gasteiger partial charge in [0.05, 0.1) is 18.3 Å². The SMILES string of the molecule is CCn1c(Cn2ccnc2-c2ncccc2F)nc2cnc(C)cc21. The lowest BCUT2D eigenvalue weighted by Gasteiger charge is -2.10. The number of aromatic nitrogens is 6. The fourth-order valence-corrected chi connectivity index (χ4v) is 3.01. The standard InChI is InChI=1S/C18H17FN6/c1-3-25-15-9-12(2)22-10-14(15)23-16(25)11-24-8-7-21-18(24)17-13(19)5-4-6-20-17/h4-10H,3,11H2,1-2H3. The summed E-state index contributed by atoms with van der Waals surface area (Å²) < 4.78 is 18.1. The summed E-state index contributed by atoms with van der Waals surface area (Å²) in [6.45, 7) is 5.31. The van der Waals surface area contributed by atoms with Crippen LogP contribution < -0.4 is 0 Å². The van der Waals surface area contributed by atoms with Crippen LogP contribution in [0.5, 0.6) is 0 Å². The summed E-state index contributed by atoms with van der Waals surface area (Å²) >= 11 is 0. The van der Waals surface area contributed by atoms with Crippen LogP contribution in [0.4, 0.5) is 4.39 Å². The molecule has 0 saturated carbocycles. The largest absolute Gasteiger partial charge is 0.327 e. The highest BCUT2D eigenvalue weighted by molar-refractivity contribution is 5.75. The van der Waals surface area contributed by atoms with Crippen LogP contribution in [0.1, 0.15) is 18.4 Å². The van der Waals surface area contributed by atoms with E-state index >= 15 is 0 Å². The molecule has 0 bridgehead atoms. The number of nitrogens with zero attached hydrogens (tertiary/aromatic N) is 6. The molecule has 25 heavy (non-hydrogen) atoms. The van der Waals surface area contributed by atoms with Gasteiger partial charge in [0.25, 0.3) is 0 Å². The molecule has 0 radical (unpaired) electrons. The van der Waals surface area contributed by atoms with Crippen LogP contribution in [0.15, 0.2) is 43.0 Å². The van der Waals surface area contributed by atoms with Crippen molar-refractivity contribution in [3.8, 4) is 11.5 Å². The molecule has 4 aromatic rings. The van der Waals surface area contributed by atoms with Gasteiger partial charge >= 0.3 is 0 Å². The molecule has 6 nitrogen and oxygen atoms in total. The van der Waals surface area contributed by atoms with Crippen molar-refractivity contribution in [2.75, 3.05) is 0 Å². The Morgan fingerprint density at radius 2 is 2.04 bits per heavy atom. The maximum absolute atomic E-state index is 14.1. The summed E-state index contributed by atoms with van der Waals surface area (Å²) in [5.74, 6) is 0.973. The number of hydrogen-bond acceptors (Lipinski definition) is 4. The quantitative estimate of drug-likeness (QED) is 0.574. The first kappa shape index (κ1) is 15.4. The normalized spacial score (nSPS) is 11.3. The van der Waals surface area contributed by atoms with Crippen LogP contribution in [0.25, 0.3) is 22.6 Å². The molecule has 4 aromatic heterocycles. The van der Waals surface area contributed by atoms with Crippen LogP contribution >= 0.6 is 0 Å². The summed E-state index contributed by atoms with van der Waals surface area (Å²) in [4.78, 5) is 17.4. The van der Waals surface area contributed by atoms with Crippen molar-refractivity contribution in [2.45, 2.75) is 26.9 Å². The van der Waals surface area contributed by atoms with Gasteiger partial charge in [0.1, 0.15) is 17.0 Å². The zero-order chi connectivity index (χ0) is 17.4. The Hall–Kier alpha value is -3.09. The highest BCUT2D eigenvalue weighted by Gasteiger charge is 2.16. The third kappa shape index (κ3) is 2.67. The Bertz CT molecular complexity index is 1050. The fourth-order valence-electron chi connectivity index (χ4n) is 3.01. The molecule has 0 atom stereocenters. The zero-order valence-electron chi connectivity index (χ0n) is 14.0. The Kier molecular flexibility index (Phi) is 3.76. The second-order valence-corrected chi connectivity index (χ2v) is 5.80. The van der Waals surface area contributed by atoms with Crippen molar-refractivity contribution in [2.24, 2.45) is 0 Å². The molecule has 0 fully saturated rings. The minimum atomic E-state index is -0.390. The molecular weight excluding hydrogens is 319 g/mol. The van der Waals surface area contributed by atoms with Gasteiger partial charge in [0.15, 0.2) is 11.6 Å². The van der Waals surface area contributed by atoms with Gasteiger partial charge in [-0.1, -0.05) is 0 Å². The summed E-state index contributed by atoms with van der Waals surface area (Å²) in [6.07, 6.45) is 6.81. The second kappa shape index (κ2) is 6.08. The number of hydrogen-bond donors (Lipinski definition) is 0. The van der Waals surface area contributed by atoms with E-state index in [0.717, 1.165) is 29.1 Å². The van der Waals surface area contributed by atoms with Gasteiger partial charge in [0, 0.05) is 30.8 Å². The van der Waals surface area contributed by atoms with Crippen LogP contribution in [-0.2, 0) is 13.1 Å². The van der Waals surface area contributed by atoms with Crippen molar-refractivity contribution in [1.29, 1.82) is 0 Å². The average Bonchev–Trinajstić information content (AvgIpc) is 3.19. The molecule has 4 rings (SSSR count). The zero-order valence-corrected chi connectivity index (χ0v) is 14.0. The minimum Gasteiger partial charge on any atom is -0.327 e. The molecule has 0 aromatic carbocycles. The van der Waals surface area contributed by atoms with Crippen LogP contribution in [0.3, 0.4) is 0 Å². The Morgan fingerprint density at radius 1 is 1.16 bits per heavy atom. The van der Waals surface area contributed by atoms with Crippen molar-refractivity contribution in [3.05, 3.63) is 60.3 Å². The summed E-state index contributed by atoms with van der Waals surface area (Å²) in [5, 5.41) is 0. The predicted octanol–water partition coefficient (Wildman–Crippen LogP) is 3.21.